The van der Waals surface area contributed by atoms with Crippen molar-refractivity contribution < 1.29 is 14.3 Å². The number of nitrogens with one attached hydrogen (secondary N) is 1. The number of thioether (sulfide) groups is 1. The number of rotatable bonds is 7. The van der Waals surface area contributed by atoms with Gasteiger partial charge in [0.15, 0.2) is 5.16 Å². The molecule has 0 spiro atoms. The lowest BCUT2D eigenvalue weighted by molar-refractivity contribution is -0.113. The number of fused-ring (bicyclic) bond motifs is 3. The lowest BCUT2D eigenvalue weighted by Gasteiger charge is -2.12. The molecule has 0 radical (unpaired) electrons. The molecule has 0 saturated heterocycles. The number of hydrogen-bond acceptors (Lipinski definition) is 7. The molecule has 180 valence electrons. The van der Waals surface area contributed by atoms with Crippen molar-refractivity contribution in [1.29, 1.82) is 0 Å². The zero-order valence-corrected chi connectivity index (χ0v) is 20.1. The number of anilines is 1. The topological polar surface area (TPSA) is 108 Å². The minimum Gasteiger partial charge on any atom is -0.465 e. The number of aromatic nitrogens is 4. The van der Waals surface area contributed by atoms with E-state index >= 15 is 0 Å². The van der Waals surface area contributed by atoms with Crippen LogP contribution in [-0.4, -0.2) is 43.9 Å². The molecular formula is C26H21N5O4S. The fourth-order valence-corrected chi connectivity index (χ4v) is 4.67. The fraction of sp³-hybridized carbons (Fsp3) is 0.115. The number of methoxy groups -OCH3 is 1. The maximum atomic E-state index is 13.3. The zero-order valence-electron chi connectivity index (χ0n) is 19.2. The van der Waals surface area contributed by atoms with Crippen molar-refractivity contribution >= 4 is 46.0 Å². The third-order valence-corrected chi connectivity index (χ3v) is 6.53. The van der Waals surface area contributed by atoms with Gasteiger partial charge in [-0.15, -0.1) is 10.2 Å². The number of nitrogens with zero attached hydrogens (tertiary/aromatic N) is 4. The van der Waals surface area contributed by atoms with Crippen LogP contribution < -0.4 is 10.9 Å². The van der Waals surface area contributed by atoms with E-state index in [1.165, 1.54) is 18.9 Å². The van der Waals surface area contributed by atoms with E-state index in [0.29, 0.717) is 34.1 Å². The minimum absolute atomic E-state index is 0.0163. The molecule has 5 aromatic rings. The van der Waals surface area contributed by atoms with Crippen molar-refractivity contribution in [3.05, 3.63) is 100 Å². The van der Waals surface area contributed by atoms with Crippen molar-refractivity contribution in [3.8, 4) is 0 Å². The van der Waals surface area contributed by atoms with Crippen LogP contribution in [0.3, 0.4) is 0 Å². The molecule has 0 atom stereocenters. The van der Waals surface area contributed by atoms with E-state index in [-0.39, 0.29) is 22.8 Å². The maximum Gasteiger partial charge on any atom is 0.339 e. The summed E-state index contributed by atoms with van der Waals surface area (Å²) in [5.41, 5.74) is 2.08. The van der Waals surface area contributed by atoms with Crippen LogP contribution in [-0.2, 0) is 16.1 Å². The lowest BCUT2D eigenvalue weighted by atomic mass is 10.2. The SMILES string of the molecule is COC(=O)c1ccccc1NC(=O)CSc1nnc2n(Cc3ccccc3)c(=O)c3ccccc3n12. The van der Waals surface area contributed by atoms with Gasteiger partial charge < -0.3 is 10.1 Å². The molecular weight excluding hydrogens is 478 g/mol. The van der Waals surface area contributed by atoms with E-state index in [9.17, 15) is 14.4 Å². The third kappa shape index (κ3) is 4.46. The summed E-state index contributed by atoms with van der Waals surface area (Å²) in [5.74, 6) is -0.455. The van der Waals surface area contributed by atoms with Gasteiger partial charge in [0, 0.05) is 0 Å². The first-order valence-electron chi connectivity index (χ1n) is 11.1. The Bertz CT molecular complexity index is 1650. The maximum absolute atomic E-state index is 13.3. The summed E-state index contributed by atoms with van der Waals surface area (Å²) < 4.78 is 8.16. The first-order valence-corrected chi connectivity index (χ1v) is 12.1. The van der Waals surface area contributed by atoms with E-state index in [2.05, 4.69) is 15.5 Å². The number of hydrogen-bond donors (Lipinski definition) is 1. The molecule has 0 saturated carbocycles. The van der Waals surface area contributed by atoms with Crippen LogP contribution in [0.25, 0.3) is 16.7 Å². The van der Waals surface area contributed by atoms with Crippen LogP contribution in [0.5, 0.6) is 0 Å². The second-order valence-electron chi connectivity index (χ2n) is 7.89. The Morgan fingerprint density at radius 1 is 0.944 bits per heavy atom. The third-order valence-electron chi connectivity index (χ3n) is 5.60. The molecule has 10 heteroatoms. The Kier molecular flexibility index (Phi) is 6.50. The van der Waals surface area contributed by atoms with Gasteiger partial charge in [0.1, 0.15) is 0 Å². The molecule has 1 N–H and O–H groups in total. The highest BCUT2D eigenvalue weighted by Crippen LogP contribution is 2.23. The number of para-hydroxylation sites is 2. The van der Waals surface area contributed by atoms with E-state index < -0.39 is 5.97 Å². The molecule has 9 nitrogen and oxygen atoms in total. The van der Waals surface area contributed by atoms with E-state index in [1.807, 2.05) is 48.5 Å². The average molecular weight is 500 g/mol. The predicted octanol–water partition coefficient (Wildman–Crippen LogP) is 3.61. The normalized spacial score (nSPS) is 11.0. The summed E-state index contributed by atoms with van der Waals surface area (Å²) >= 11 is 1.19. The second kappa shape index (κ2) is 10.0. The molecule has 0 aliphatic heterocycles. The predicted molar refractivity (Wildman–Crippen MR) is 137 cm³/mol. The first-order chi connectivity index (χ1) is 17.6. The van der Waals surface area contributed by atoms with Gasteiger partial charge in [0.2, 0.25) is 11.7 Å². The van der Waals surface area contributed by atoms with E-state index in [1.54, 1.807) is 39.3 Å². The molecule has 3 aromatic carbocycles. The van der Waals surface area contributed by atoms with Gasteiger partial charge in [-0.25, -0.2) is 4.79 Å². The number of benzene rings is 3. The van der Waals surface area contributed by atoms with Crippen molar-refractivity contribution in [2.75, 3.05) is 18.2 Å². The van der Waals surface area contributed by atoms with Gasteiger partial charge in [0.05, 0.1) is 41.6 Å². The molecule has 1 amide bonds. The molecule has 2 aromatic heterocycles. The van der Waals surface area contributed by atoms with Crippen LogP contribution in [0.4, 0.5) is 5.69 Å². The van der Waals surface area contributed by atoms with Gasteiger partial charge in [-0.2, -0.15) is 0 Å². The van der Waals surface area contributed by atoms with Crippen LogP contribution in [0.15, 0.2) is 88.8 Å². The van der Waals surface area contributed by atoms with Crippen LogP contribution in [0.2, 0.25) is 0 Å². The van der Waals surface area contributed by atoms with Gasteiger partial charge in [-0.1, -0.05) is 66.4 Å². The molecule has 0 unspecified atom stereocenters. The van der Waals surface area contributed by atoms with Crippen LogP contribution >= 0.6 is 11.8 Å². The monoisotopic (exact) mass is 499 g/mol. The van der Waals surface area contributed by atoms with E-state index in [0.717, 1.165) is 5.56 Å². The van der Waals surface area contributed by atoms with Gasteiger partial charge in [-0.3, -0.25) is 18.6 Å². The number of ether oxygens (including phenoxy) is 1. The van der Waals surface area contributed by atoms with Crippen molar-refractivity contribution in [2.24, 2.45) is 0 Å². The zero-order chi connectivity index (χ0) is 25.1. The van der Waals surface area contributed by atoms with Crippen LogP contribution in [0.1, 0.15) is 15.9 Å². The summed E-state index contributed by atoms with van der Waals surface area (Å²) in [5, 5.41) is 12.3. The molecule has 36 heavy (non-hydrogen) atoms. The second-order valence-corrected chi connectivity index (χ2v) is 8.83. The van der Waals surface area contributed by atoms with Crippen molar-refractivity contribution in [2.45, 2.75) is 11.7 Å². The Balaban J connectivity index is 1.47. The summed E-state index contributed by atoms with van der Waals surface area (Å²) in [4.78, 5) is 38.0. The Morgan fingerprint density at radius 2 is 1.67 bits per heavy atom. The molecule has 5 rings (SSSR count). The largest absolute Gasteiger partial charge is 0.465 e. The fourth-order valence-electron chi connectivity index (χ4n) is 3.93. The number of carbonyl (C=O) groups excluding carboxylic acids is 2. The highest BCUT2D eigenvalue weighted by molar-refractivity contribution is 7.99. The molecule has 0 bridgehead atoms. The van der Waals surface area contributed by atoms with E-state index in [4.69, 9.17) is 4.74 Å². The Labute approximate surface area is 209 Å². The number of esters is 1. The summed E-state index contributed by atoms with van der Waals surface area (Å²) in [6, 6.07) is 23.5. The van der Waals surface area contributed by atoms with Crippen molar-refractivity contribution in [1.82, 2.24) is 19.2 Å². The minimum atomic E-state index is -0.537. The molecule has 2 heterocycles. The molecule has 0 aliphatic carbocycles. The first kappa shape index (κ1) is 23.3. The highest BCUT2D eigenvalue weighted by Gasteiger charge is 2.19. The van der Waals surface area contributed by atoms with Gasteiger partial charge in [0.25, 0.3) is 5.56 Å². The van der Waals surface area contributed by atoms with Crippen molar-refractivity contribution in [3.63, 3.8) is 0 Å². The lowest BCUT2D eigenvalue weighted by Crippen LogP contribution is -2.24. The highest BCUT2D eigenvalue weighted by atomic mass is 32.2. The molecule has 0 aliphatic rings. The summed E-state index contributed by atoms with van der Waals surface area (Å²) in [6.45, 7) is 0.335. The Hall–Kier alpha value is -4.44. The summed E-state index contributed by atoms with van der Waals surface area (Å²) in [6.07, 6.45) is 0. The summed E-state index contributed by atoms with van der Waals surface area (Å²) in [7, 11) is 1.29. The quantitative estimate of drug-likeness (QED) is 0.269. The smallest absolute Gasteiger partial charge is 0.339 e. The van der Waals surface area contributed by atoms with Gasteiger partial charge >= 0.3 is 5.97 Å². The average Bonchev–Trinajstić information content (AvgIpc) is 3.34. The molecule has 0 fully saturated rings. The number of carbonyl (C=O) groups is 2. The standard InChI is InChI=1S/C26H21N5O4S/c1-35-24(34)18-11-5-7-13-20(18)27-22(32)16-36-26-29-28-25-30(15-17-9-3-2-4-10-17)23(33)19-12-6-8-14-21(19)31(25)26/h2-14H,15-16H2,1H3,(H,27,32). The van der Waals surface area contributed by atoms with Gasteiger partial charge in [-0.05, 0) is 29.8 Å². The Morgan fingerprint density at radius 3 is 2.47 bits per heavy atom. The van der Waals surface area contributed by atoms with Crippen LogP contribution in [0, 0.1) is 0 Å². The number of amides is 1.